The minimum absolute atomic E-state index is 0.0643. The molecule has 0 fully saturated rings. The number of benzene rings is 2. The molecule has 0 aliphatic carbocycles. The summed E-state index contributed by atoms with van der Waals surface area (Å²) >= 11 is 3.43. The Morgan fingerprint density at radius 1 is 1.11 bits per heavy atom. The molecule has 4 heteroatoms. The second-order valence-corrected chi connectivity index (χ2v) is 5.09. The molecule has 0 radical (unpaired) electrons. The number of hydrogen-bond acceptors (Lipinski definition) is 2. The molecule has 0 aliphatic heterocycles. The van der Waals surface area contributed by atoms with E-state index in [9.17, 15) is 4.79 Å². The van der Waals surface area contributed by atoms with Gasteiger partial charge in [-0.25, -0.2) is 0 Å². The number of carbonyl (C=O) groups is 1. The molecule has 1 amide bonds. The highest BCUT2D eigenvalue weighted by atomic mass is 79.9. The molecule has 2 N–H and O–H groups in total. The third-order valence-electron chi connectivity index (χ3n) is 2.67. The quantitative estimate of drug-likeness (QED) is 0.900. The molecule has 2 aromatic carbocycles. The molecule has 0 atom stereocenters. The molecule has 19 heavy (non-hydrogen) atoms. The van der Waals surface area contributed by atoms with Crippen molar-refractivity contribution in [2.75, 3.05) is 17.2 Å². The Bertz CT molecular complexity index is 570. The first kappa shape index (κ1) is 13.6. The van der Waals surface area contributed by atoms with Crippen molar-refractivity contribution in [1.82, 2.24) is 0 Å². The second-order valence-electron chi connectivity index (χ2n) is 4.23. The molecule has 2 aromatic rings. The van der Waals surface area contributed by atoms with Gasteiger partial charge in [-0.05, 0) is 42.8 Å². The van der Waals surface area contributed by atoms with E-state index in [4.69, 9.17) is 0 Å². The zero-order chi connectivity index (χ0) is 13.7. The van der Waals surface area contributed by atoms with Crippen molar-refractivity contribution >= 4 is 33.2 Å². The molecular weight excluding hydrogens is 304 g/mol. The van der Waals surface area contributed by atoms with Gasteiger partial charge in [-0.3, -0.25) is 4.79 Å². The van der Waals surface area contributed by atoms with Gasteiger partial charge in [-0.15, -0.1) is 0 Å². The van der Waals surface area contributed by atoms with E-state index in [1.807, 2.05) is 55.5 Å². The van der Waals surface area contributed by atoms with Crippen molar-refractivity contribution < 1.29 is 4.79 Å². The molecular formula is C15H15BrN2O. The first-order chi connectivity index (χ1) is 9.15. The van der Waals surface area contributed by atoms with E-state index in [-0.39, 0.29) is 12.5 Å². The van der Waals surface area contributed by atoms with Gasteiger partial charge < -0.3 is 10.6 Å². The number of para-hydroxylation sites is 1. The predicted molar refractivity (Wildman–Crippen MR) is 82.4 cm³/mol. The van der Waals surface area contributed by atoms with E-state index >= 15 is 0 Å². The van der Waals surface area contributed by atoms with E-state index in [0.717, 1.165) is 21.4 Å². The van der Waals surface area contributed by atoms with Gasteiger partial charge in [-0.1, -0.05) is 34.1 Å². The number of carbonyl (C=O) groups excluding carboxylic acids is 1. The normalized spacial score (nSPS) is 10.0. The average Bonchev–Trinajstić information content (AvgIpc) is 2.42. The number of hydrogen-bond donors (Lipinski definition) is 2. The lowest BCUT2D eigenvalue weighted by molar-refractivity contribution is -0.114. The lowest BCUT2D eigenvalue weighted by Crippen LogP contribution is -2.21. The molecule has 3 nitrogen and oxygen atoms in total. The summed E-state index contributed by atoms with van der Waals surface area (Å²) in [6.07, 6.45) is 0. The van der Waals surface area contributed by atoms with Gasteiger partial charge in [0.1, 0.15) is 0 Å². The van der Waals surface area contributed by atoms with E-state index < -0.39 is 0 Å². The lowest BCUT2D eigenvalue weighted by Gasteiger charge is -2.08. The van der Waals surface area contributed by atoms with Gasteiger partial charge in [0.05, 0.1) is 6.54 Å². The van der Waals surface area contributed by atoms with Gasteiger partial charge >= 0.3 is 0 Å². The predicted octanol–water partition coefficient (Wildman–Crippen LogP) is 3.81. The standard InChI is InChI=1S/C15H15BrN2O/c1-11-9-13(7-8-14(11)16)18-15(19)10-17-12-5-3-2-4-6-12/h2-9,17H,10H2,1H3,(H,18,19). The Kier molecular flexibility index (Phi) is 4.58. The van der Waals surface area contributed by atoms with Crippen molar-refractivity contribution in [3.8, 4) is 0 Å². The molecule has 2 rings (SSSR count). The summed E-state index contributed by atoms with van der Waals surface area (Å²) < 4.78 is 1.04. The maximum Gasteiger partial charge on any atom is 0.243 e. The van der Waals surface area contributed by atoms with Gasteiger partial charge in [0.25, 0.3) is 0 Å². The minimum atomic E-state index is -0.0643. The van der Waals surface area contributed by atoms with Crippen LogP contribution in [0.3, 0.4) is 0 Å². The summed E-state index contributed by atoms with van der Waals surface area (Å²) in [7, 11) is 0. The van der Waals surface area contributed by atoms with Gasteiger partial charge in [0.15, 0.2) is 0 Å². The molecule has 0 aliphatic rings. The molecule has 0 bridgehead atoms. The summed E-state index contributed by atoms with van der Waals surface area (Å²) in [5.74, 6) is -0.0643. The van der Waals surface area contributed by atoms with Crippen molar-refractivity contribution in [3.05, 3.63) is 58.6 Å². The molecule has 0 saturated carbocycles. The Morgan fingerprint density at radius 3 is 2.53 bits per heavy atom. The maximum atomic E-state index is 11.8. The van der Waals surface area contributed by atoms with Crippen LogP contribution in [-0.2, 0) is 4.79 Å². The smallest absolute Gasteiger partial charge is 0.243 e. The number of rotatable bonds is 4. The minimum Gasteiger partial charge on any atom is -0.376 e. The number of amides is 1. The van der Waals surface area contributed by atoms with Crippen LogP contribution < -0.4 is 10.6 Å². The molecule has 0 aromatic heterocycles. The number of anilines is 2. The Balaban J connectivity index is 1.89. The largest absolute Gasteiger partial charge is 0.376 e. The van der Waals surface area contributed by atoms with Gasteiger partial charge in [0, 0.05) is 15.8 Å². The molecule has 0 spiro atoms. The SMILES string of the molecule is Cc1cc(NC(=O)CNc2ccccc2)ccc1Br. The number of aryl methyl sites for hydroxylation is 1. The molecule has 0 unspecified atom stereocenters. The summed E-state index contributed by atoms with van der Waals surface area (Å²) in [5, 5.41) is 5.93. The third-order valence-corrected chi connectivity index (χ3v) is 3.56. The topological polar surface area (TPSA) is 41.1 Å². The molecule has 0 saturated heterocycles. The number of nitrogens with one attached hydrogen (secondary N) is 2. The van der Waals surface area contributed by atoms with Gasteiger partial charge in [-0.2, -0.15) is 0 Å². The monoisotopic (exact) mass is 318 g/mol. The Morgan fingerprint density at radius 2 is 1.84 bits per heavy atom. The molecule has 0 heterocycles. The van der Waals surface area contributed by atoms with Crippen LogP contribution in [0.2, 0.25) is 0 Å². The average molecular weight is 319 g/mol. The summed E-state index contributed by atoms with van der Waals surface area (Å²) in [5.41, 5.74) is 2.83. The zero-order valence-electron chi connectivity index (χ0n) is 10.6. The number of halogens is 1. The van der Waals surface area contributed by atoms with Crippen LogP contribution in [0.5, 0.6) is 0 Å². The van der Waals surface area contributed by atoms with Crippen molar-refractivity contribution in [2.24, 2.45) is 0 Å². The van der Waals surface area contributed by atoms with Crippen LogP contribution >= 0.6 is 15.9 Å². The van der Waals surface area contributed by atoms with Crippen LogP contribution in [0.1, 0.15) is 5.56 Å². The first-order valence-corrected chi connectivity index (χ1v) is 6.79. The molecule has 98 valence electrons. The highest BCUT2D eigenvalue weighted by molar-refractivity contribution is 9.10. The van der Waals surface area contributed by atoms with Crippen LogP contribution in [0.4, 0.5) is 11.4 Å². The van der Waals surface area contributed by atoms with Crippen molar-refractivity contribution in [1.29, 1.82) is 0 Å². The van der Waals surface area contributed by atoms with Crippen LogP contribution in [-0.4, -0.2) is 12.5 Å². The van der Waals surface area contributed by atoms with E-state index in [1.54, 1.807) is 0 Å². The van der Waals surface area contributed by atoms with E-state index in [2.05, 4.69) is 26.6 Å². The highest BCUT2D eigenvalue weighted by Gasteiger charge is 2.03. The van der Waals surface area contributed by atoms with Crippen LogP contribution in [0, 0.1) is 6.92 Å². The summed E-state index contributed by atoms with van der Waals surface area (Å²) in [6, 6.07) is 15.4. The van der Waals surface area contributed by atoms with Crippen molar-refractivity contribution in [3.63, 3.8) is 0 Å². The third kappa shape index (κ3) is 4.10. The highest BCUT2D eigenvalue weighted by Crippen LogP contribution is 2.19. The first-order valence-electron chi connectivity index (χ1n) is 6.00. The lowest BCUT2D eigenvalue weighted by atomic mass is 10.2. The fourth-order valence-corrected chi connectivity index (χ4v) is 1.91. The van der Waals surface area contributed by atoms with Crippen molar-refractivity contribution in [2.45, 2.75) is 6.92 Å². The summed E-state index contributed by atoms with van der Waals surface area (Å²) in [6.45, 7) is 2.24. The van der Waals surface area contributed by atoms with E-state index in [0.29, 0.717) is 0 Å². The fourth-order valence-electron chi connectivity index (χ4n) is 1.67. The van der Waals surface area contributed by atoms with Crippen LogP contribution in [0.15, 0.2) is 53.0 Å². The van der Waals surface area contributed by atoms with Crippen LogP contribution in [0.25, 0.3) is 0 Å². The Hall–Kier alpha value is -1.81. The summed E-state index contributed by atoms with van der Waals surface area (Å²) in [4.78, 5) is 11.8. The zero-order valence-corrected chi connectivity index (χ0v) is 12.2. The van der Waals surface area contributed by atoms with E-state index in [1.165, 1.54) is 0 Å². The fraction of sp³-hybridized carbons (Fsp3) is 0.133. The van der Waals surface area contributed by atoms with Gasteiger partial charge in [0.2, 0.25) is 5.91 Å². The Labute approximate surface area is 121 Å². The maximum absolute atomic E-state index is 11.8. The second kappa shape index (κ2) is 6.38.